The van der Waals surface area contributed by atoms with Crippen LogP contribution in [0.4, 0.5) is 0 Å². The van der Waals surface area contributed by atoms with Gasteiger partial charge in [-0.1, -0.05) is 18.6 Å². The van der Waals surface area contributed by atoms with Gasteiger partial charge in [0, 0.05) is 6.04 Å². The molecule has 22 heavy (non-hydrogen) atoms. The molecule has 2 aliphatic rings. The van der Waals surface area contributed by atoms with Crippen LogP contribution >= 0.6 is 0 Å². The van der Waals surface area contributed by atoms with E-state index in [1.807, 2.05) is 0 Å². The lowest BCUT2D eigenvalue weighted by atomic mass is 9.96. The lowest BCUT2D eigenvalue weighted by Crippen LogP contribution is -2.39. The molecule has 1 aromatic carbocycles. The van der Waals surface area contributed by atoms with Gasteiger partial charge in [-0.3, -0.25) is 0 Å². The standard InChI is InChI=1S/C16H21NO4S/c1-21-16(18)13-5-2-11(3-6-13)10-22(19,20)17-15-9-12-4-7-14(15)8-12/h2-3,5-6,12,14-15,17H,4,7-10H2,1H3/t12-,14+,15-/m0/s1. The zero-order valence-electron chi connectivity index (χ0n) is 12.6. The molecule has 6 heteroatoms. The molecule has 2 saturated carbocycles. The van der Waals surface area contributed by atoms with E-state index in [0.29, 0.717) is 23.0 Å². The highest BCUT2D eigenvalue weighted by Crippen LogP contribution is 2.44. The van der Waals surface area contributed by atoms with Crippen molar-refractivity contribution in [1.82, 2.24) is 4.72 Å². The summed E-state index contributed by atoms with van der Waals surface area (Å²) in [5.41, 5.74) is 1.09. The fourth-order valence-electron chi connectivity index (χ4n) is 3.74. The number of benzene rings is 1. The Morgan fingerprint density at radius 2 is 1.95 bits per heavy atom. The van der Waals surface area contributed by atoms with E-state index in [9.17, 15) is 13.2 Å². The number of fused-ring (bicyclic) bond motifs is 2. The van der Waals surface area contributed by atoms with Crippen LogP contribution in [0.5, 0.6) is 0 Å². The molecule has 1 aromatic rings. The van der Waals surface area contributed by atoms with E-state index in [-0.39, 0.29) is 11.8 Å². The molecule has 2 aliphatic carbocycles. The predicted molar refractivity (Wildman–Crippen MR) is 82.8 cm³/mol. The number of carbonyl (C=O) groups excluding carboxylic acids is 1. The van der Waals surface area contributed by atoms with E-state index < -0.39 is 16.0 Å². The fraction of sp³-hybridized carbons (Fsp3) is 0.562. The summed E-state index contributed by atoms with van der Waals surface area (Å²) in [5.74, 6) is 0.746. The van der Waals surface area contributed by atoms with Crippen LogP contribution < -0.4 is 4.72 Å². The van der Waals surface area contributed by atoms with Crippen LogP contribution in [-0.2, 0) is 20.5 Å². The van der Waals surface area contributed by atoms with Crippen LogP contribution in [0.2, 0.25) is 0 Å². The van der Waals surface area contributed by atoms with Gasteiger partial charge in [-0.15, -0.1) is 0 Å². The van der Waals surface area contributed by atoms with Crippen molar-refractivity contribution in [3.8, 4) is 0 Å². The van der Waals surface area contributed by atoms with Gasteiger partial charge in [-0.2, -0.15) is 0 Å². The van der Waals surface area contributed by atoms with Crippen molar-refractivity contribution >= 4 is 16.0 Å². The SMILES string of the molecule is COC(=O)c1ccc(CS(=O)(=O)N[C@H]2C[C@H]3CC[C@@H]2C3)cc1. The highest BCUT2D eigenvalue weighted by molar-refractivity contribution is 7.88. The summed E-state index contributed by atoms with van der Waals surface area (Å²) < 4.78 is 32.1. The summed E-state index contributed by atoms with van der Waals surface area (Å²) in [6.07, 6.45) is 4.54. The molecule has 0 amide bonds. The normalized spacial score (nSPS) is 27.0. The van der Waals surface area contributed by atoms with Crippen molar-refractivity contribution in [3.63, 3.8) is 0 Å². The molecule has 2 fully saturated rings. The van der Waals surface area contributed by atoms with Crippen molar-refractivity contribution in [1.29, 1.82) is 0 Å². The summed E-state index contributed by atoms with van der Waals surface area (Å²) in [6, 6.07) is 6.61. The molecule has 2 bridgehead atoms. The topological polar surface area (TPSA) is 72.5 Å². The van der Waals surface area contributed by atoms with Crippen LogP contribution in [0.1, 0.15) is 41.6 Å². The third kappa shape index (κ3) is 3.33. The average Bonchev–Trinajstić information content (AvgIpc) is 3.08. The van der Waals surface area contributed by atoms with Crippen LogP contribution in [-0.4, -0.2) is 27.5 Å². The van der Waals surface area contributed by atoms with Crippen molar-refractivity contribution in [2.24, 2.45) is 11.8 Å². The van der Waals surface area contributed by atoms with E-state index >= 15 is 0 Å². The van der Waals surface area contributed by atoms with Crippen molar-refractivity contribution in [3.05, 3.63) is 35.4 Å². The maximum atomic E-state index is 12.3. The molecule has 0 aromatic heterocycles. The van der Waals surface area contributed by atoms with Gasteiger partial charge in [0.15, 0.2) is 0 Å². The Morgan fingerprint density at radius 3 is 2.50 bits per heavy atom. The minimum Gasteiger partial charge on any atom is -0.465 e. The summed E-state index contributed by atoms with van der Waals surface area (Å²) in [5, 5.41) is 0. The number of rotatable bonds is 5. The number of nitrogens with one attached hydrogen (secondary N) is 1. The zero-order chi connectivity index (χ0) is 15.7. The summed E-state index contributed by atoms with van der Waals surface area (Å²) >= 11 is 0. The third-order valence-corrected chi connectivity index (χ3v) is 6.18. The third-order valence-electron chi connectivity index (χ3n) is 4.80. The fourth-order valence-corrected chi connectivity index (χ4v) is 5.20. The summed E-state index contributed by atoms with van der Waals surface area (Å²) in [7, 11) is -2.03. The molecule has 0 saturated heterocycles. The molecule has 1 N–H and O–H groups in total. The van der Waals surface area contributed by atoms with Crippen molar-refractivity contribution in [2.45, 2.75) is 37.5 Å². The van der Waals surface area contributed by atoms with Crippen LogP contribution in [0.15, 0.2) is 24.3 Å². The van der Waals surface area contributed by atoms with Crippen molar-refractivity contribution < 1.29 is 17.9 Å². The van der Waals surface area contributed by atoms with E-state index in [1.165, 1.54) is 20.0 Å². The Hall–Kier alpha value is -1.40. The first-order valence-electron chi connectivity index (χ1n) is 7.64. The van der Waals surface area contributed by atoms with Crippen LogP contribution in [0, 0.1) is 11.8 Å². The van der Waals surface area contributed by atoms with Gasteiger partial charge in [0.2, 0.25) is 10.0 Å². The van der Waals surface area contributed by atoms with Crippen LogP contribution in [0.25, 0.3) is 0 Å². The second kappa shape index (κ2) is 6.01. The van der Waals surface area contributed by atoms with Gasteiger partial charge >= 0.3 is 5.97 Å². The van der Waals surface area contributed by atoms with Gasteiger partial charge in [-0.05, 0) is 48.8 Å². The molecular formula is C16H21NO4S. The molecule has 3 atom stereocenters. The molecule has 0 unspecified atom stereocenters. The largest absolute Gasteiger partial charge is 0.465 e. The number of carbonyl (C=O) groups is 1. The van der Waals surface area contributed by atoms with E-state index in [4.69, 9.17) is 0 Å². The zero-order valence-corrected chi connectivity index (χ0v) is 13.4. The van der Waals surface area contributed by atoms with Gasteiger partial charge in [0.25, 0.3) is 0 Å². The molecular weight excluding hydrogens is 302 g/mol. The lowest BCUT2D eigenvalue weighted by Gasteiger charge is -2.22. The predicted octanol–water partition coefficient (Wildman–Crippen LogP) is 2.08. The molecule has 120 valence electrons. The summed E-state index contributed by atoms with van der Waals surface area (Å²) in [6.45, 7) is 0. The minimum atomic E-state index is -3.35. The molecule has 3 rings (SSSR count). The number of sulfonamides is 1. The molecule has 0 radical (unpaired) electrons. The maximum absolute atomic E-state index is 12.3. The number of ether oxygens (including phenoxy) is 1. The Bertz CT molecular complexity index is 653. The van der Waals surface area contributed by atoms with Gasteiger partial charge in [0.05, 0.1) is 18.4 Å². The molecule has 0 spiro atoms. The Balaban J connectivity index is 1.63. The lowest BCUT2D eigenvalue weighted by molar-refractivity contribution is 0.0600. The Labute approximate surface area is 131 Å². The number of hydrogen-bond donors (Lipinski definition) is 1. The highest BCUT2D eigenvalue weighted by Gasteiger charge is 2.41. The van der Waals surface area contributed by atoms with Crippen LogP contribution in [0.3, 0.4) is 0 Å². The monoisotopic (exact) mass is 323 g/mol. The Morgan fingerprint density at radius 1 is 1.23 bits per heavy atom. The van der Waals surface area contributed by atoms with E-state index in [0.717, 1.165) is 12.8 Å². The maximum Gasteiger partial charge on any atom is 0.337 e. The molecule has 5 nitrogen and oxygen atoms in total. The molecule has 0 heterocycles. The number of hydrogen-bond acceptors (Lipinski definition) is 4. The average molecular weight is 323 g/mol. The quantitative estimate of drug-likeness (QED) is 0.842. The number of esters is 1. The summed E-state index contributed by atoms with van der Waals surface area (Å²) in [4.78, 5) is 11.4. The minimum absolute atomic E-state index is 0.0532. The van der Waals surface area contributed by atoms with Gasteiger partial charge < -0.3 is 4.74 Å². The second-order valence-corrected chi connectivity index (χ2v) is 8.10. The van der Waals surface area contributed by atoms with Gasteiger partial charge in [-0.25, -0.2) is 17.9 Å². The first kappa shape index (κ1) is 15.5. The number of methoxy groups -OCH3 is 1. The van der Waals surface area contributed by atoms with E-state index in [1.54, 1.807) is 24.3 Å². The first-order valence-corrected chi connectivity index (χ1v) is 9.29. The van der Waals surface area contributed by atoms with Gasteiger partial charge in [0.1, 0.15) is 0 Å². The second-order valence-electron chi connectivity index (χ2n) is 6.35. The Kier molecular flexibility index (Phi) is 4.23. The van der Waals surface area contributed by atoms with E-state index in [2.05, 4.69) is 9.46 Å². The first-order chi connectivity index (χ1) is 10.5. The smallest absolute Gasteiger partial charge is 0.337 e. The highest BCUT2D eigenvalue weighted by atomic mass is 32.2. The van der Waals surface area contributed by atoms with Crippen molar-refractivity contribution in [2.75, 3.05) is 7.11 Å². The molecule has 0 aliphatic heterocycles.